The van der Waals surface area contributed by atoms with Gasteiger partial charge in [-0.1, -0.05) is 13.8 Å². The molecular formula is C11H19NO4. The number of esters is 1. The van der Waals surface area contributed by atoms with E-state index in [2.05, 4.69) is 5.32 Å². The van der Waals surface area contributed by atoms with Gasteiger partial charge in [0, 0.05) is 6.54 Å². The zero-order valence-corrected chi connectivity index (χ0v) is 9.73. The van der Waals surface area contributed by atoms with Crippen LogP contribution in [0.1, 0.15) is 33.1 Å². The van der Waals surface area contributed by atoms with Crippen LogP contribution in [0.4, 0.5) is 0 Å². The predicted molar refractivity (Wildman–Crippen MR) is 58.0 cm³/mol. The summed E-state index contributed by atoms with van der Waals surface area (Å²) in [5.74, 6) is -1.13. The van der Waals surface area contributed by atoms with Gasteiger partial charge in [-0.2, -0.15) is 0 Å². The second-order valence-corrected chi connectivity index (χ2v) is 4.45. The van der Waals surface area contributed by atoms with Gasteiger partial charge in [-0.15, -0.1) is 0 Å². The fourth-order valence-corrected chi connectivity index (χ4v) is 1.37. The molecule has 16 heavy (non-hydrogen) atoms. The molecule has 0 heterocycles. The Hall–Kier alpha value is -1.10. The van der Waals surface area contributed by atoms with Crippen molar-refractivity contribution in [3.05, 3.63) is 0 Å². The Balaban J connectivity index is 2.16. The molecule has 92 valence electrons. The van der Waals surface area contributed by atoms with E-state index in [1.165, 1.54) is 0 Å². The Morgan fingerprint density at radius 2 is 2.06 bits per heavy atom. The molecule has 1 atom stereocenters. The molecule has 0 aromatic carbocycles. The summed E-state index contributed by atoms with van der Waals surface area (Å²) in [5.41, 5.74) is 0. The second-order valence-electron chi connectivity index (χ2n) is 4.45. The van der Waals surface area contributed by atoms with Gasteiger partial charge in [-0.25, -0.2) is 0 Å². The van der Waals surface area contributed by atoms with Crippen molar-refractivity contribution >= 4 is 11.9 Å². The Morgan fingerprint density at radius 3 is 2.50 bits per heavy atom. The summed E-state index contributed by atoms with van der Waals surface area (Å²) in [6, 6.07) is -0.603. The number of aliphatic carboxylic acids is 1. The second kappa shape index (κ2) is 5.84. The first-order valence-corrected chi connectivity index (χ1v) is 5.66. The van der Waals surface area contributed by atoms with Gasteiger partial charge in [0.15, 0.2) is 0 Å². The summed E-state index contributed by atoms with van der Waals surface area (Å²) in [4.78, 5) is 22.0. The third kappa shape index (κ3) is 4.61. The van der Waals surface area contributed by atoms with Gasteiger partial charge in [-0.3, -0.25) is 9.59 Å². The smallest absolute Gasteiger partial charge is 0.320 e. The van der Waals surface area contributed by atoms with Crippen molar-refractivity contribution in [3.63, 3.8) is 0 Å². The summed E-state index contributed by atoms with van der Waals surface area (Å²) in [6.07, 6.45) is 2.27. The lowest BCUT2D eigenvalue weighted by Gasteiger charge is -2.17. The molecule has 1 unspecified atom stereocenters. The van der Waals surface area contributed by atoms with Crippen molar-refractivity contribution in [3.8, 4) is 0 Å². The fraction of sp³-hybridized carbons (Fsp3) is 0.818. The van der Waals surface area contributed by atoms with Crippen LogP contribution in [0.3, 0.4) is 0 Å². The average Bonchev–Trinajstić information content (AvgIpc) is 2.94. The fourth-order valence-electron chi connectivity index (χ4n) is 1.37. The minimum Gasteiger partial charge on any atom is -0.480 e. The zero-order valence-electron chi connectivity index (χ0n) is 9.73. The molecule has 0 aromatic rings. The predicted octanol–water partition coefficient (Wildman–Crippen LogP) is 0.781. The highest BCUT2D eigenvalue weighted by atomic mass is 16.5. The largest absolute Gasteiger partial charge is 0.480 e. The number of hydrogen-bond acceptors (Lipinski definition) is 4. The molecule has 0 saturated heterocycles. The van der Waals surface area contributed by atoms with Gasteiger partial charge in [0.2, 0.25) is 0 Å². The number of carbonyl (C=O) groups is 2. The molecule has 1 fully saturated rings. The molecule has 5 heteroatoms. The molecule has 5 nitrogen and oxygen atoms in total. The van der Waals surface area contributed by atoms with Crippen LogP contribution in [0.15, 0.2) is 0 Å². The number of carbonyl (C=O) groups excluding carboxylic acids is 1. The summed E-state index contributed by atoms with van der Waals surface area (Å²) in [6.45, 7) is 4.00. The van der Waals surface area contributed by atoms with Crippen LogP contribution >= 0.6 is 0 Å². The minimum atomic E-state index is -0.884. The third-order valence-electron chi connectivity index (χ3n) is 2.45. The van der Waals surface area contributed by atoms with Crippen molar-refractivity contribution in [2.24, 2.45) is 5.92 Å². The highest BCUT2D eigenvalue weighted by molar-refractivity contribution is 5.74. The van der Waals surface area contributed by atoms with E-state index in [9.17, 15) is 9.59 Å². The van der Waals surface area contributed by atoms with Gasteiger partial charge in [0.25, 0.3) is 0 Å². The summed E-state index contributed by atoms with van der Waals surface area (Å²) in [5, 5.41) is 11.7. The first kappa shape index (κ1) is 13.0. The lowest BCUT2D eigenvalue weighted by molar-refractivity contribution is -0.145. The Kier molecular flexibility index (Phi) is 4.73. The first-order valence-electron chi connectivity index (χ1n) is 5.66. The molecule has 1 aliphatic carbocycles. The summed E-state index contributed by atoms with van der Waals surface area (Å²) < 4.78 is 5.04. The quantitative estimate of drug-likeness (QED) is 0.631. The molecule has 0 aliphatic heterocycles. The van der Waals surface area contributed by atoms with E-state index in [0.717, 1.165) is 12.8 Å². The number of carboxylic acids is 1. The molecule has 1 rings (SSSR count). The van der Waals surface area contributed by atoms with Crippen LogP contribution in [-0.4, -0.2) is 35.7 Å². The standard InChI is InChI=1S/C11H19NO4/c1-7(2)10(11(14)15)12-6-5-9(13)16-8-3-4-8/h7-8,10,12H,3-6H2,1-2H3,(H,14,15). The lowest BCUT2D eigenvalue weighted by atomic mass is 10.0. The Morgan fingerprint density at radius 1 is 1.44 bits per heavy atom. The van der Waals surface area contributed by atoms with Crippen molar-refractivity contribution < 1.29 is 19.4 Å². The van der Waals surface area contributed by atoms with E-state index in [1.807, 2.05) is 13.8 Å². The number of carboxylic acid groups (broad SMARTS) is 1. The summed E-state index contributed by atoms with van der Waals surface area (Å²) in [7, 11) is 0. The van der Waals surface area contributed by atoms with E-state index in [4.69, 9.17) is 9.84 Å². The van der Waals surface area contributed by atoms with Crippen molar-refractivity contribution in [1.82, 2.24) is 5.32 Å². The number of rotatable bonds is 7. The maximum atomic E-state index is 11.2. The highest BCUT2D eigenvalue weighted by Gasteiger charge is 2.26. The zero-order chi connectivity index (χ0) is 12.1. The van der Waals surface area contributed by atoms with Gasteiger partial charge >= 0.3 is 11.9 Å². The SMILES string of the molecule is CC(C)C(NCCC(=O)OC1CC1)C(=O)O. The summed E-state index contributed by atoms with van der Waals surface area (Å²) >= 11 is 0. The molecule has 0 radical (unpaired) electrons. The van der Waals surface area contributed by atoms with Crippen LogP contribution in [0, 0.1) is 5.92 Å². The van der Waals surface area contributed by atoms with Gasteiger partial charge < -0.3 is 15.2 Å². The average molecular weight is 229 g/mol. The molecule has 2 N–H and O–H groups in total. The van der Waals surface area contributed by atoms with E-state index < -0.39 is 12.0 Å². The number of ether oxygens (including phenoxy) is 1. The van der Waals surface area contributed by atoms with Crippen molar-refractivity contribution in [1.29, 1.82) is 0 Å². The highest BCUT2D eigenvalue weighted by Crippen LogP contribution is 2.23. The normalized spacial score (nSPS) is 17.2. The first-order chi connectivity index (χ1) is 7.50. The Bertz CT molecular complexity index is 261. The molecule has 0 aromatic heterocycles. The molecule has 0 amide bonds. The Labute approximate surface area is 95.2 Å². The van der Waals surface area contributed by atoms with Crippen LogP contribution in [0.25, 0.3) is 0 Å². The van der Waals surface area contributed by atoms with Crippen molar-refractivity contribution in [2.45, 2.75) is 45.3 Å². The van der Waals surface area contributed by atoms with Crippen LogP contribution < -0.4 is 5.32 Å². The van der Waals surface area contributed by atoms with Gasteiger partial charge in [0.1, 0.15) is 12.1 Å². The minimum absolute atomic E-state index is 0.00282. The van der Waals surface area contributed by atoms with E-state index in [1.54, 1.807) is 0 Å². The van der Waals surface area contributed by atoms with E-state index in [0.29, 0.717) is 6.54 Å². The molecule has 0 spiro atoms. The van der Waals surface area contributed by atoms with Crippen LogP contribution in [-0.2, 0) is 14.3 Å². The lowest BCUT2D eigenvalue weighted by Crippen LogP contribution is -2.41. The molecule has 1 aliphatic rings. The monoisotopic (exact) mass is 229 g/mol. The number of nitrogens with one attached hydrogen (secondary N) is 1. The van der Waals surface area contributed by atoms with Crippen LogP contribution in [0.2, 0.25) is 0 Å². The van der Waals surface area contributed by atoms with Crippen LogP contribution in [0.5, 0.6) is 0 Å². The topological polar surface area (TPSA) is 75.6 Å². The van der Waals surface area contributed by atoms with E-state index in [-0.39, 0.29) is 24.4 Å². The maximum absolute atomic E-state index is 11.2. The molecule has 1 saturated carbocycles. The van der Waals surface area contributed by atoms with Gasteiger partial charge in [0.05, 0.1) is 6.42 Å². The maximum Gasteiger partial charge on any atom is 0.320 e. The number of hydrogen-bond donors (Lipinski definition) is 2. The molecule has 0 bridgehead atoms. The van der Waals surface area contributed by atoms with Crippen molar-refractivity contribution in [2.75, 3.05) is 6.54 Å². The van der Waals surface area contributed by atoms with Gasteiger partial charge in [-0.05, 0) is 18.8 Å². The van der Waals surface area contributed by atoms with E-state index >= 15 is 0 Å². The molecular weight excluding hydrogens is 210 g/mol. The third-order valence-corrected chi connectivity index (χ3v) is 2.45.